The Bertz CT molecular complexity index is 834. The molecule has 1 aromatic heterocycles. The summed E-state index contributed by atoms with van der Waals surface area (Å²) in [6.45, 7) is 0.199. The van der Waals surface area contributed by atoms with Crippen LogP contribution in [0.2, 0.25) is 0 Å². The summed E-state index contributed by atoms with van der Waals surface area (Å²) in [4.78, 5) is 24.4. The number of fused-ring (bicyclic) bond motifs is 2. The number of carbonyl (C=O) groups excluding carboxylic acids is 1. The van der Waals surface area contributed by atoms with E-state index in [0.717, 1.165) is 21.5 Å². The van der Waals surface area contributed by atoms with E-state index >= 15 is 0 Å². The van der Waals surface area contributed by atoms with E-state index in [-0.39, 0.29) is 12.3 Å². The molecule has 0 fully saturated rings. The van der Waals surface area contributed by atoms with Gasteiger partial charge in [-0.25, -0.2) is 9.97 Å². The summed E-state index contributed by atoms with van der Waals surface area (Å²) in [6, 6.07) is 3.89. The van der Waals surface area contributed by atoms with Crippen LogP contribution < -0.4 is 10.6 Å². The maximum Gasteiger partial charge on any atom is 0.157 e. The number of rotatable bonds is 0. The van der Waals surface area contributed by atoms with Crippen molar-refractivity contribution in [2.45, 2.75) is 6.42 Å². The Morgan fingerprint density at radius 1 is 1.10 bits per heavy atom. The Kier molecular flexibility index (Phi) is 3.46. The average Bonchev–Trinajstić information content (AvgIpc) is 2.51. The lowest BCUT2D eigenvalue weighted by atomic mass is 10.2. The third-order valence-electron chi connectivity index (χ3n) is 3.06. The molecule has 0 unspecified atom stereocenters. The van der Waals surface area contributed by atoms with Gasteiger partial charge in [-0.3, -0.25) is 9.79 Å². The second kappa shape index (κ2) is 5.57. The van der Waals surface area contributed by atoms with Crippen molar-refractivity contribution in [3.05, 3.63) is 59.5 Å². The van der Waals surface area contributed by atoms with Crippen molar-refractivity contribution in [2.24, 2.45) is 4.99 Å². The van der Waals surface area contributed by atoms with Gasteiger partial charge in [-0.05, 0) is 12.1 Å². The Morgan fingerprint density at radius 3 is 3.00 bits per heavy atom. The van der Waals surface area contributed by atoms with Crippen molar-refractivity contribution in [3.8, 4) is 0 Å². The summed E-state index contributed by atoms with van der Waals surface area (Å²) < 4.78 is 0. The van der Waals surface area contributed by atoms with Crippen LogP contribution in [0.5, 0.6) is 0 Å². The molecule has 0 saturated heterocycles. The van der Waals surface area contributed by atoms with Gasteiger partial charge in [0.1, 0.15) is 6.33 Å². The molecule has 98 valence electrons. The summed E-state index contributed by atoms with van der Waals surface area (Å²) in [7, 11) is 0. The van der Waals surface area contributed by atoms with Gasteiger partial charge in [-0.15, -0.1) is 0 Å². The van der Waals surface area contributed by atoms with Gasteiger partial charge in [0.2, 0.25) is 0 Å². The summed E-state index contributed by atoms with van der Waals surface area (Å²) in [5, 5.41) is 2.68. The molecule has 0 amide bonds. The first kappa shape index (κ1) is 12.4. The van der Waals surface area contributed by atoms with E-state index in [1.165, 1.54) is 6.33 Å². The first-order valence-corrected chi connectivity index (χ1v) is 6.42. The number of Topliss-reactive ketones (excluding diaryl/α,β-unsaturated/α-hetero) is 1. The van der Waals surface area contributed by atoms with Gasteiger partial charge >= 0.3 is 0 Å². The standard InChI is InChI=1S/C16H13N3O/c20-14-6-4-2-1-3-5-12-7-16-13(9-17-11-19-16)8-15(12)18-10-14/h1-5,7-9,11H,6,10H2. The molecule has 4 nitrogen and oxygen atoms in total. The molecule has 0 aliphatic carbocycles. The molecule has 0 radical (unpaired) electrons. The molecule has 3 rings (SSSR count). The van der Waals surface area contributed by atoms with E-state index in [1.807, 2.05) is 42.5 Å². The number of hydrogen-bond acceptors (Lipinski definition) is 4. The second-order valence-electron chi connectivity index (χ2n) is 4.53. The van der Waals surface area contributed by atoms with Crippen molar-refractivity contribution in [1.82, 2.24) is 9.97 Å². The minimum atomic E-state index is 0.104. The fourth-order valence-corrected chi connectivity index (χ4v) is 2.04. The highest BCUT2D eigenvalue weighted by atomic mass is 16.1. The highest BCUT2D eigenvalue weighted by Crippen LogP contribution is 2.02. The predicted octanol–water partition coefficient (Wildman–Crippen LogP) is 1.12. The predicted molar refractivity (Wildman–Crippen MR) is 77.6 cm³/mol. The maximum absolute atomic E-state index is 11.7. The van der Waals surface area contributed by atoms with Crippen molar-refractivity contribution >= 4 is 22.8 Å². The fraction of sp³-hybridized carbons (Fsp3) is 0.125. The lowest BCUT2D eigenvalue weighted by Crippen LogP contribution is -2.26. The number of ketones is 1. The number of benzene rings is 1. The Morgan fingerprint density at radius 2 is 2.05 bits per heavy atom. The number of carbonyl (C=O) groups is 1. The highest BCUT2D eigenvalue weighted by molar-refractivity contribution is 5.82. The Balaban J connectivity index is 2.26. The van der Waals surface area contributed by atoms with Gasteiger partial charge in [0.15, 0.2) is 5.78 Å². The van der Waals surface area contributed by atoms with Crippen LogP contribution in [-0.4, -0.2) is 22.3 Å². The molecule has 2 heterocycles. The van der Waals surface area contributed by atoms with Crippen LogP contribution in [0, 0.1) is 0 Å². The lowest BCUT2D eigenvalue weighted by Gasteiger charge is -1.97. The van der Waals surface area contributed by atoms with Crippen LogP contribution in [0.1, 0.15) is 6.42 Å². The van der Waals surface area contributed by atoms with Crippen LogP contribution in [0.3, 0.4) is 0 Å². The van der Waals surface area contributed by atoms with E-state index in [2.05, 4.69) is 15.0 Å². The normalized spacial score (nSPS) is 15.1. The zero-order valence-electron chi connectivity index (χ0n) is 10.9. The highest BCUT2D eigenvalue weighted by Gasteiger charge is 1.99. The number of aromatic nitrogens is 2. The monoisotopic (exact) mass is 263 g/mol. The minimum absolute atomic E-state index is 0.104. The van der Waals surface area contributed by atoms with Gasteiger partial charge in [0.05, 0.1) is 17.4 Å². The molecule has 0 bridgehead atoms. The van der Waals surface area contributed by atoms with Gasteiger partial charge in [-0.1, -0.05) is 30.4 Å². The van der Waals surface area contributed by atoms with Crippen molar-refractivity contribution in [3.63, 3.8) is 0 Å². The van der Waals surface area contributed by atoms with Crippen molar-refractivity contribution in [1.29, 1.82) is 0 Å². The van der Waals surface area contributed by atoms with Crippen molar-refractivity contribution in [2.75, 3.05) is 6.54 Å². The van der Waals surface area contributed by atoms with Gasteiger partial charge in [0, 0.05) is 23.2 Å². The third kappa shape index (κ3) is 2.69. The quantitative estimate of drug-likeness (QED) is 0.715. The lowest BCUT2D eigenvalue weighted by molar-refractivity contribution is -0.116. The van der Waals surface area contributed by atoms with E-state index < -0.39 is 0 Å². The van der Waals surface area contributed by atoms with Crippen molar-refractivity contribution < 1.29 is 4.79 Å². The van der Waals surface area contributed by atoms with Gasteiger partial charge < -0.3 is 0 Å². The Hall–Kier alpha value is -2.62. The smallest absolute Gasteiger partial charge is 0.157 e. The summed E-state index contributed by atoms with van der Waals surface area (Å²) >= 11 is 0. The zero-order chi connectivity index (χ0) is 13.8. The van der Waals surface area contributed by atoms with Gasteiger partial charge in [-0.2, -0.15) is 0 Å². The van der Waals surface area contributed by atoms with E-state index in [4.69, 9.17) is 0 Å². The fourth-order valence-electron chi connectivity index (χ4n) is 2.04. The molecule has 0 spiro atoms. The first-order valence-electron chi connectivity index (χ1n) is 6.42. The van der Waals surface area contributed by atoms with Crippen LogP contribution in [0.15, 0.2) is 54.0 Å². The summed E-state index contributed by atoms with van der Waals surface area (Å²) in [6.07, 6.45) is 13.2. The van der Waals surface area contributed by atoms with Crippen LogP contribution in [-0.2, 0) is 4.79 Å². The topological polar surface area (TPSA) is 55.2 Å². The number of nitrogens with zero attached hydrogens (tertiary/aromatic N) is 3. The summed E-state index contributed by atoms with van der Waals surface area (Å²) in [5.41, 5.74) is 0.871. The third-order valence-corrected chi connectivity index (χ3v) is 3.06. The molecular weight excluding hydrogens is 250 g/mol. The van der Waals surface area contributed by atoms with E-state index in [1.54, 1.807) is 6.20 Å². The molecule has 2 aromatic rings. The van der Waals surface area contributed by atoms with Crippen LogP contribution in [0.4, 0.5) is 0 Å². The molecular formula is C16H13N3O. The Labute approximate surface area is 115 Å². The zero-order valence-corrected chi connectivity index (χ0v) is 10.9. The maximum atomic E-state index is 11.7. The minimum Gasteiger partial charge on any atom is -0.297 e. The molecule has 1 aliphatic heterocycles. The molecule has 4 heteroatoms. The number of hydrogen-bond donors (Lipinski definition) is 0. The first-order chi connectivity index (χ1) is 9.83. The van der Waals surface area contributed by atoms with Gasteiger partial charge in [0.25, 0.3) is 0 Å². The molecule has 0 saturated carbocycles. The molecule has 0 N–H and O–H groups in total. The SMILES string of the molecule is O=C1CC=CC=CC=c2cc3ncncc3cc2=NC1. The van der Waals surface area contributed by atoms with Crippen LogP contribution in [0.25, 0.3) is 17.0 Å². The molecule has 1 aromatic carbocycles. The molecule has 1 aliphatic rings. The molecule has 0 atom stereocenters. The second-order valence-corrected chi connectivity index (χ2v) is 4.53. The average molecular weight is 263 g/mol. The number of allylic oxidation sites excluding steroid dienone is 4. The van der Waals surface area contributed by atoms with Crippen LogP contribution >= 0.6 is 0 Å². The van der Waals surface area contributed by atoms with E-state index in [0.29, 0.717) is 6.42 Å². The largest absolute Gasteiger partial charge is 0.297 e. The summed E-state index contributed by atoms with van der Waals surface area (Å²) in [5.74, 6) is 0.104. The van der Waals surface area contributed by atoms with E-state index in [9.17, 15) is 4.79 Å². The molecule has 20 heavy (non-hydrogen) atoms.